The number of carboxylic acid groups (broad SMARTS) is 1. The highest BCUT2D eigenvalue weighted by Gasteiger charge is 2.14. The molecular weight excluding hydrogens is 351 g/mol. The lowest BCUT2D eigenvalue weighted by molar-refractivity contribution is -0.137. The molecule has 0 saturated heterocycles. The van der Waals surface area contributed by atoms with Crippen LogP contribution in [-0.4, -0.2) is 20.6 Å². The van der Waals surface area contributed by atoms with Gasteiger partial charge >= 0.3 is 5.97 Å². The first-order valence-corrected chi connectivity index (χ1v) is 7.85. The number of aliphatic carboxylic acids is 1. The second kappa shape index (κ2) is 6.63. The van der Waals surface area contributed by atoms with E-state index in [1.165, 1.54) is 4.57 Å². The normalized spacial score (nSPS) is 10.9. The van der Waals surface area contributed by atoms with Crippen molar-refractivity contribution in [3.8, 4) is 0 Å². The highest BCUT2D eigenvalue weighted by Crippen LogP contribution is 2.18. The second-order valence-corrected chi connectivity index (χ2v) is 6.15. The molecule has 3 aromatic rings. The monoisotopic (exact) mass is 362 g/mol. The fraction of sp³-hybridized carbons (Fsp3) is 0.118. The maximum Gasteiger partial charge on any atom is 0.323 e. The minimum Gasteiger partial charge on any atom is -0.480 e. The standard InChI is InChI=1S/C17H12Cl2N2O3/c18-11-3-1-10(2-4-11)7-14-17(24)21(9-16(22)23)15-8-12(19)5-6-13(15)20-14/h1-6,8H,7,9H2,(H,22,23). The van der Waals surface area contributed by atoms with E-state index in [2.05, 4.69) is 4.98 Å². The predicted octanol–water partition coefficient (Wildman–Crippen LogP) is 3.38. The molecule has 0 atom stereocenters. The Morgan fingerprint density at radius 3 is 2.42 bits per heavy atom. The van der Waals surface area contributed by atoms with Crippen LogP contribution < -0.4 is 5.56 Å². The van der Waals surface area contributed by atoms with Crippen LogP contribution in [0.1, 0.15) is 11.3 Å². The molecule has 5 nitrogen and oxygen atoms in total. The van der Waals surface area contributed by atoms with Gasteiger partial charge in [-0.1, -0.05) is 35.3 Å². The van der Waals surface area contributed by atoms with Gasteiger partial charge < -0.3 is 5.11 Å². The number of fused-ring (bicyclic) bond motifs is 1. The minimum absolute atomic E-state index is 0.272. The zero-order valence-corrected chi connectivity index (χ0v) is 13.9. The SMILES string of the molecule is O=C(O)Cn1c(=O)c(Cc2ccc(Cl)cc2)nc2ccc(Cl)cc21. The van der Waals surface area contributed by atoms with Crippen molar-refractivity contribution >= 4 is 40.2 Å². The van der Waals surface area contributed by atoms with Crippen molar-refractivity contribution in [3.63, 3.8) is 0 Å². The Kier molecular flexibility index (Phi) is 4.55. The number of aromatic nitrogens is 2. The molecule has 0 spiro atoms. The molecule has 1 heterocycles. The lowest BCUT2D eigenvalue weighted by atomic mass is 10.1. The molecule has 1 aromatic heterocycles. The topological polar surface area (TPSA) is 72.2 Å². The average Bonchev–Trinajstić information content (AvgIpc) is 2.54. The summed E-state index contributed by atoms with van der Waals surface area (Å²) in [6.45, 7) is -0.453. The van der Waals surface area contributed by atoms with Gasteiger partial charge in [0.05, 0.1) is 11.0 Å². The molecule has 0 amide bonds. The Labute approximate surface area is 147 Å². The highest BCUT2D eigenvalue weighted by atomic mass is 35.5. The first-order valence-electron chi connectivity index (χ1n) is 7.09. The van der Waals surface area contributed by atoms with Gasteiger partial charge in [-0.15, -0.1) is 0 Å². The summed E-state index contributed by atoms with van der Waals surface area (Å²) >= 11 is 11.8. The summed E-state index contributed by atoms with van der Waals surface area (Å²) in [5, 5.41) is 10.1. The lowest BCUT2D eigenvalue weighted by Crippen LogP contribution is -2.28. The lowest BCUT2D eigenvalue weighted by Gasteiger charge is -2.11. The fourth-order valence-electron chi connectivity index (χ4n) is 2.47. The van der Waals surface area contributed by atoms with E-state index in [0.717, 1.165) is 5.56 Å². The Balaban J connectivity index is 2.16. The Bertz CT molecular complexity index is 982. The molecule has 0 bridgehead atoms. The number of nitrogens with zero attached hydrogens (tertiary/aromatic N) is 2. The molecular formula is C17H12Cl2N2O3. The van der Waals surface area contributed by atoms with Crippen LogP contribution in [0.3, 0.4) is 0 Å². The average molecular weight is 363 g/mol. The number of rotatable bonds is 4. The molecule has 122 valence electrons. The third kappa shape index (κ3) is 3.42. The van der Waals surface area contributed by atoms with Gasteiger partial charge in [0.15, 0.2) is 0 Å². The van der Waals surface area contributed by atoms with Crippen molar-refractivity contribution < 1.29 is 9.90 Å². The Morgan fingerprint density at radius 2 is 1.75 bits per heavy atom. The minimum atomic E-state index is -1.11. The third-order valence-electron chi connectivity index (χ3n) is 3.55. The zero-order chi connectivity index (χ0) is 17.3. The van der Waals surface area contributed by atoms with Crippen molar-refractivity contribution in [3.05, 3.63) is 74.1 Å². The van der Waals surface area contributed by atoms with E-state index in [4.69, 9.17) is 28.3 Å². The van der Waals surface area contributed by atoms with Crippen molar-refractivity contribution in [2.75, 3.05) is 0 Å². The van der Waals surface area contributed by atoms with Gasteiger partial charge in [-0.25, -0.2) is 4.98 Å². The van der Waals surface area contributed by atoms with Gasteiger partial charge in [0, 0.05) is 16.5 Å². The quantitative estimate of drug-likeness (QED) is 0.771. The van der Waals surface area contributed by atoms with Crippen LogP contribution in [0.25, 0.3) is 11.0 Å². The zero-order valence-electron chi connectivity index (χ0n) is 12.4. The van der Waals surface area contributed by atoms with Crippen LogP contribution in [0.2, 0.25) is 10.0 Å². The van der Waals surface area contributed by atoms with Crippen LogP contribution in [0.5, 0.6) is 0 Å². The number of benzene rings is 2. The predicted molar refractivity (Wildman–Crippen MR) is 92.9 cm³/mol. The molecule has 0 radical (unpaired) electrons. The second-order valence-electron chi connectivity index (χ2n) is 5.28. The van der Waals surface area contributed by atoms with Gasteiger partial charge in [-0.2, -0.15) is 0 Å². The van der Waals surface area contributed by atoms with E-state index in [-0.39, 0.29) is 12.1 Å². The first-order chi connectivity index (χ1) is 11.4. The summed E-state index contributed by atoms with van der Waals surface area (Å²) in [7, 11) is 0. The number of carbonyl (C=O) groups is 1. The van der Waals surface area contributed by atoms with Crippen LogP contribution in [0.4, 0.5) is 0 Å². The number of hydrogen-bond acceptors (Lipinski definition) is 3. The van der Waals surface area contributed by atoms with Crippen molar-refractivity contribution in [1.29, 1.82) is 0 Å². The number of carboxylic acids is 1. The van der Waals surface area contributed by atoms with E-state index in [1.807, 2.05) is 0 Å². The van der Waals surface area contributed by atoms with E-state index in [1.54, 1.807) is 42.5 Å². The van der Waals surface area contributed by atoms with Gasteiger partial charge in [-0.3, -0.25) is 14.2 Å². The number of halogens is 2. The van der Waals surface area contributed by atoms with E-state index < -0.39 is 18.1 Å². The molecule has 0 aliphatic carbocycles. The molecule has 1 N–H and O–H groups in total. The molecule has 0 aliphatic rings. The summed E-state index contributed by atoms with van der Waals surface area (Å²) in [4.78, 5) is 28.2. The summed E-state index contributed by atoms with van der Waals surface area (Å²) in [5.74, 6) is -1.11. The highest BCUT2D eigenvalue weighted by molar-refractivity contribution is 6.31. The maximum atomic E-state index is 12.7. The van der Waals surface area contributed by atoms with E-state index in [0.29, 0.717) is 21.1 Å². The molecule has 24 heavy (non-hydrogen) atoms. The van der Waals surface area contributed by atoms with Gasteiger partial charge in [0.25, 0.3) is 5.56 Å². The van der Waals surface area contributed by atoms with E-state index >= 15 is 0 Å². The van der Waals surface area contributed by atoms with Gasteiger partial charge in [0.2, 0.25) is 0 Å². The van der Waals surface area contributed by atoms with Gasteiger partial charge in [-0.05, 0) is 35.9 Å². The van der Waals surface area contributed by atoms with Crippen molar-refractivity contribution in [2.24, 2.45) is 0 Å². The molecule has 0 aliphatic heterocycles. The summed E-state index contributed by atoms with van der Waals surface area (Å²) in [6, 6.07) is 11.9. The molecule has 0 saturated carbocycles. The van der Waals surface area contributed by atoms with Crippen molar-refractivity contribution in [2.45, 2.75) is 13.0 Å². The molecule has 3 rings (SSSR count). The smallest absolute Gasteiger partial charge is 0.323 e. The summed E-state index contributed by atoms with van der Waals surface area (Å²) < 4.78 is 1.18. The van der Waals surface area contributed by atoms with Crippen molar-refractivity contribution in [1.82, 2.24) is 9.55 Å². The molecule has 7 heteroatoms. The fourth-order valence-corrected chi connectivity index (χ4v) is 2.76. The molecule has 0 fully saturated rings. The van der Waals surface area contributed by atoms with E-state index in [9.17, 15) is 9.59 Å². The van der Waals surface area contributed by atoms with Crippen LogP contribution >= 0.6 is 23.2 Å². The molecule has 0 unspecified atom stereocenters. The van der Waals surface area contributed by atoms with Gasteiger partial charge in [0.1, 0.15) is 12.2 Å². The summed E-state index contributed by atoms with van der Waals surface area (Å²) in [6.07, 6.45) is 0.286. The third-order valence-corrected chi connectivity index (χ3v) is 4.04. The van der Waals surface area contributed by atoms with Crippen LogP contribution in [-0.2, 0) is 17.8 Å². The molecule has 2 aromatic carbocycles. The Morgan fingerprint density at radius 1 is 1.08 bits per heavy atom. The first kappa shape index (κ1) is 16.5. The number of hydrogen-bond donors (Lipinski definition) is 1. The van der Waals surface area contributed by atoms with Crippen LogP contribution in [0, 0.1) is 0 Å². The summed E-state index contributed by atoms with van der Waals surface area (Å²) in [5.41, 5.74) is 1.61. The Hall–Kier alpha value is -2.37. The maximum absolute atomic E-state index is 12.7. The largest absolute Gasteiger partial charge is 0.480 e. The van der Waals surface area contributed by atoms with Crippen LogP contribution in [0.15, 0.2) is 47.3 Å².